The number of halogens is 3. The number of aromatic hydroxyl groups is 1. The Hall–Kier alpha value is -2.90. The van der Waals surface area contributed by atoms with E-state index in [4.69, 9.17) is 4.74 Å². The van der Waals surface area contributed by atoms with E-state index < -0.39 is 6.36 Å². The summed E-state index contributed by atoms with van der Waals surface area (Å²) in [4.78, 5) is 14.2. The molecule has 1 saturated heterocycles. The summed E-state index contributed by atoms with van der Waals surface area (Å²) in [5.74, 6) is 0.119. The van der Waals surface area contributed by atoms with Crippen LogP contribution in [0, 0.1) is 0 Å². The Kier molecular flexibility index (Phi) is 5.67. The number of carbonyl (C=O) groups is 1. The molecule has 5 nitrogen and oxygen atoms in total. The predicted molar refractivity (Wildman–Crippen MR) is 94.9 cm³/mol. The van der Waals surface area contributed by atoms with Gasteiger partial charge in [-0.2, -0.15) is 0 Å². The van der Waals surface area contributed by atoms with E-state index in [1.807, 2.05) is 0 Å². The van der Waals surface area contributed by atoms with Crippen molar-refractivity contribution in [2.45, 2.75) is 38.2 Å². The van der Waals surface area contributed by atoms with Crippen LogP contribution in [0.5, 0.6) is 17.2 Å². The molecule has 0 saturated carbocycles. The molecule has 1 heterocycles. The average molecular weight is 395 g/mol. The molecule has 1 N–H and O–H groups in total. The van der Waals surface area contributed by atoms with Crippen LogP contribution in [-0.2, 0) is 11.3 Å². The summed E-state index contributed by atoms with van der Waals surface area (Å²) in [5, 5.41) is 10.3. The first-order chi connectivity index (χ1) is 13.3. The number of hydrogen-bond acceptors (Lipinski definition) is 4. The number of amides is 1. The summed E-state index contributed by atoms with van der Waals surface area (Å²) in [6.07, 6.45) is -3.05. The predicted octanol–water partition coefficient (Wildman–Crippen LogP) is 4.55. The fourth-order valence-electron chi connectivity index (χ4n) is 3.46. The van der Waals surface area contributed by atoms with Gasteiger partial charge >= 0.3 is 6.36 Å². The van der Waals surface area contributed by atoms with Gasteiger partial charge in [0.1, 0.15) is 17.2 Å². The number of likely N-dealkylation sites (tertiary alicyclic amines) is 1. The second-order valence-corrected chi connectivity index (χ2v) is 6.51. The van der Waals surface area contributed by atoms with Crippen LogP contribution in [0.2, 0.25) is 0 Å². The van der Waals surface area contributed by atoms with Crippen molar-refractivity contribution in [3.63, 3.8) is 0 Å². The van der Waals surface area contributed by atoms with E-state index in [0.29, 0.717) is 36.1 Å². The number of carbonyl (C=O) groups excluding carboxylic acids is 1. The number of hydrogen-bond donors (Lipinski definition) is 1. The van der Waals surface area contributed by atoms with Crippen molar-refractivity contribution in [2.75, 3.05) is 7.11 Å². The van der Waals surface area contributed by atoms with Crippen molar-refractivity contribution >= 4 is 5.91 Å². The van der Waals surface area contributed by atoms with Gasteiger partial charge in [0.2, 0.25) is 5.91 Å². The van der Waals surface area contributed by atoms with Crippen molar-refractivity contribution in [2.24, 2.45) is 0 Å². The number of benzene rings is 2. The normalized spacial score (nSPS) is 17.5. The summed E-state index contributed by atoms with van der Waals surface area (Å²) < 4.78 is 46.1. The Labute approximate surface area is 160 Å². The number of methoxy groups -OCH3 is 1. The monoisotopic (exact) mass is 395 g/mol. The highest BCUT2D eigenvalue weighted by Crippen LogP contribution is 2.42. The highest BCUT2D eigenvalue weighted by Gasteiger charge is 2.33. The van der Waals surface area contributed by atoms with E-state index in [9.17, 15) is 23.1 Å². The van der Waals surface area contributed by atoms with E-state index in [-0.39, 0.29) is 30.0 Å². The number of phenols is 1. The molecule has 3 rings (SSSR count). The van der Waals surface area contributed by atoms with Gasteiger partial charge in [0.25, 0.3) is 0 Å². The molecule has 1 aliphatic rings. The van der Waals surface area contributed by atoms with Gasteiger partial charge < -0.3 is 19.5 Å². The molecule has 150 valence electrons. The van der Waals surface area contributed by atoms with Gasteiger partial charge in [-0.3, -0.25) is 4.79 Å². The maximum Gasteiger partial charge on any atom is 0.573 e. The van der Waals surface area contributed by atoms with Gasteiger partial charge in [0.05, 0.1) is 18.7 Å². The fourth-order valence-corrected chi connectivity index (χ4v) is 3.46. The molecular formula is C20H20F3NO4. The minimum atomic E-state index is -4.75. The van der Waals surface area contributed by atoms with Gasteiger partial charge in [-0.05, 0) is 42.7 Å². The molecule has 0 bridgehead atoms. The number of rotatable bonds is 5. The number of alkyl halides is 3. The lowest BCUT2D eigenvalue weighted by Gasteiger charge is -2.37. The molecule has 1 amide bonds. The van der Waals surface area contributed by atoms with Crippen molar-refractivity contribution < 1.29 is 32.5 Å². The summed E-state index contributed by atoms with van der Waals surface area (Å²) in [5.41, 5.74) is 1.19. The first-order valence-corrected chi connectivity index (χ1v) is 8.78. The van der Waals surface area contributed by atoms with Crippen LogP contribution in [0.3, 0.4) is 0 Å². The van der Waals surface area contributed by atoms with Gasteiger partial charge in [-0.1, -0.05) is 18.2 Å². The smallest absolute Gasteiger partial charge is 0.507 e. The molecular weight excluding hydrogens is 375 g/mol. The molecule has 1 fully saturated rings. The molecule has 0 spiro atoms. The molecule has 28 heavy (non-hydrogen) atoms. The van der Waals surface area contributed by atoms with Gasteiger partial charge in [0.15, 0.2) is 0 Å². The molecule has 8 heteroatoms. The largest absolute Gasteiger partial charge is 0.573 e. The van der Waals surface area contributed by atoms with Crippen LogP contribution in [0.4, 0.5) is 13.2 Å². The summed E-state index contributed by atoms with van der Waals surface area (Å²) in [6.45, 7) is 0.202. The third kappa shape index (κ3) is 4.49. The summed E-state index contributed by atoms with van der Waals surface area (Å²) in [6, 6.07) is 9.94. The number of ether oxygens (including phenoxy) is 2. The second-order valence-electron chi connectivity index (χ2n) is 6.51. The van der Waals surface area contributed by atoms with Crippen LogP contribution in [-0.4, -0.2) is 29.4 Å². The lowest BCUT2D eigenvalue weighted by Crippen LogP contribution is -2.37. The van der Waals surface area contributed by atoms with Crippen LogP contribution < -0.4 is 9.47 Å². The van der Waals surface area contributed by atoms with Crippen LogP contribution in [0.15, 0.2) is 42.5 Å². The maximum atomic E-state index is 12.6. The summed E-state index contributed by atoms with van der Waals surface area (Å²) >= 11 is 0. The van der Waals surface area contributed by atoms with E-state index in [1.165, 1.54) is 31.4 Å². The van der Waals surface area contributed by atoms with Crippen LogP contribution >= 0.6 is 0 Å². The minimum Gasteiger partial charge on any atom is -0.507 e. The molecule has 2 aromatic rings. The molecule has 0 aliphatic carbocycles. The van der Waals surface area contributed by atoms with Crippen LogP contribution in [0.1, 0.15) is 36.4 Å². The van der Waals surface area contributed by atoms with E-state index in [1.54, 1.807) is 23.1 Å². The highest BCUT2D eigenvalue weighted by molar-refractivity contribution is 5.78. The Morgan fingerprint density at radius 1 is 1.18 bits per heavy atom. The second kappa shape index (κ2) is 8.00. The standard InChI is InChI=1S/C20H20F3NO4/c1-27-17-6-3-5-16(25)19(17)15-4-2-7-18(26)24(15)12-13-8-10-14(11-9-13)28-20(21,22)23/h3,5-6,8-11,15,25H,2,4,7,12H2,1H3. The lowest BCUT2D eigenvalue weighted by atomic mass is 9.92. The van der Waals surface area contributed by atoms with Crippen molar-refractivity contribution in [1.82, 2.24) is 4.90 Å². The first-order valence-electron chi connectivity index (χ1n) is 8.78. The molecule has 0 aromatic heterocycles. The summed E-state index contributed by atoms with van der Waals surface area (Å²) in [7, 11) is 1.49. The lowest BCUT2D eigenvalue weighted by molar-refractivity contribution is -0.274. The molecule has 0 radical (unpaired) electrons. The van der Waals surface area contributed by atoms with Crippen molar-refractivity contribution in [3.8, 4) is 17.2 Å². The van der Waals surface area contributed by atoms with Crippen molar-refractivity contribution in [3.05, 3.63) is 53.6 Å². The quantitative estimate of drug-likeness (QED) is 0.807. The van der Waals surface area contributed by atoms with E-state index in [0.717, 1.165) is 0 Å². The zero-order valence-electron chi connectivity index (χ0n) is 15.2. The van der Waals surface area contributed by atoms with Crippen LogP contribution in [0.25, 0.3) is 0 Å². The zero-order valence-corrected chi connectivity index (χ0v) is 15.2. The number of nitrogens with zero attached hydrogens (tertiary/aromatic N) is 1. The SMILES string of the molecule is COc1cccc(O)c1C1CCCC(=O)N1Cc1ccc(OC(F)(F)F)cc1. The molecule has 1 atom stereocenters. The third-order valence-electron chi connectivity index (χ3n) is 4.67. The number of phenolic OH excluding ortho intramolecular Hbond substituents is 1. The highest BCUT2D eigenvalue weighted by atomic mass is 19.4. The zero-order chi connectivity index (χ0) is 20.3. The average Bonchev–Trinajstić information content (AvgIpc) is 2.63. The topological polar surface area (TPSA) is 59.0 Å². The van der Waals surface area contributed by atoms with Gasteiger partial charge in [0, 0.05) is 13.0 Å². The van der Waals surface area contributed by atoms with Crippen molar-refractivity contribution in [1.29, 1.82) is 0 Å². The fraction of sp³-hybridized carbons (Fsp3) is 0.350. The Morgan fingerprint density at radius 3 is 2.54 bits per heavy atom. The van der Waals surface area contributed by atoms with E-state index >= 15 is 0 Å². The Morgan fingerprint density at radius 2 is 1.89 bits per heavy atom. The molecule has 1 aliphatic heterocycles. The number of piperidine rings is 1. The minimum absolute atomic E-state index is 0.0398. The Balaban J connectivity index is 1.85. The maximum absolute atomic E-state index is 12.6. The molecule has 2 aromatic carbocycles. The molecule has 1 unspecified atom stereocenters. The van der Waals surface area contributed by atoms with E-state index in [2.05, 4.69) is 4.74 Å². The third-order valence-corrected chi connectivity index (χ3v) is 4.67. The Bertz CT molecular complexity index is 836. The van der Waals surface area contributed by atoms with Gasteiger partial charge in [-0.25, -0.2) is 0 Å². The first kappa shape index (κ1) is 19.9. The van der Waals surface area contributed by atoms with Gasteiger partial charge in [-0.15, -0.1) is 13.2 Å².